The molecule has 1 aromatic heterocycles. The highest BCUT2D eigenvalue weighted by Crippen LogP contribution is 2.41. The van der Waals surface area contributed by atoms with Crippen LogP contribution in [0.2, 0.25) is 0 Å². The van der Waals surface area contributed by atoms with Crippen molar-refractivity contribution in [2.45, 2.75) is 38.0 Å². The van der Waals surface area contributed by atoms with Crippen LogP contribution in [0.3, 0.4) is 0 Å². The maximum absolute atomic E-state index is 12.9. The van der Waals surface area contributed by atoms with Gasteiger partial charge in [0.25, 0.3) is 0 Å². The molecule has 0 aliphatic heterocycles. The Labute approximate surface area is 125 Å². The highest BCUT2D eigenvalue weighted by molar-refractivity contribution is 7.07. The average Bonchev–Trinajstić information content (AvgIpc) is 2.97. The Hall–Kier alpha value is -1.08. The molecule has 0 saturated heterocycles. The first-order valence-electron chi connectivity index (χ1n) is 6.94. The molecule has 0 radical (unpaired) electrons. The smallest absolute Gasteiger partial charge is 0.387 e. The fourth-order valence-corrected chi connectivity index (χ4v) is 3.45. The van der Waals surface area contributed by atoms with Gasteiger partial charge < -0.3 is 10.4 Å². The molecular formula is C14H18F3NO2S. The quantitative estimate of drug-likeness (QED) is 0.894. The van der Waals surface area contributed by atoms with Crippen molar-refractivity contribution in [3.63, 3.8) is 0 Å². The second kappa shape index (κ2) is 6.79. The summed E-state index contributed by atoms with van der Waals surface area (Å²) in [5.74, 6) is -3.20. The molecule has 0 bridgehead atoms. The van der Waals surface area contributed by atoms with Gasteiger partial charge in [-0.15, -0.1) is 0 Å². The van der Waals surface area contributed by atoms with Crippen molar-refractivity contribution in [2.75, 3.05) is 6.54 Å². The lowest BCUT2D eigenvalue weighted by molar-refractivity contribution is -0.198. The van der Waals surface area contributed by atoms with Crippen molar-refractivity contribution in [1.29, 1.82) is 0 Å². The Morgan fingerprint density at radius 3 is 2.76 bits per heavy atom. The van der Waals surface area contributed by atoms with Crippen LogP contribution >= 0.6 is 11.3 Å². The first-order chi connectivity index (χ1) is 9.89. The van der Waals surface area contributed by atoms with Gasteiger partial charge in [-0.1, -0.05) is 12.8 Å². The molecule has 21 heavy (non-hydrogen) atoms. The van der Waals surface area contributed by atoms with Crippen LogP contribution in [0, 0.1) is 11.8 Å². The highest BCUT2D eigenvalue weighted by Gasteiger charge is 2.47. The number of carbonyl (C=O) groups is 1. The van der Waals surface area contributed by atoms with E-state index in [1.807, 2.05) is 0 Å². The van der Waals surface area contributed by atoms with E-state index in [9.17, 15) is 23.1 Å². The van der Waals surface area contributed by atoms with Gasteiger partial charge in [-0.3, -0.25) is 4.79 Å². The summed E-state index contributed by atoms with van der Waals surface area (Å²) in [6, 6.07) is 1.72. The standard InChI is InChI=1S/C14H18F3NO2S/c15-14(16,17)11-4-2-1-3-10(11)13(20)18-7-12(19)9-5-6-21-8-9/h5-6,8,10-12,19H,1-4,7H2,(H,18,20)/t10-,11-,12-/m0/s1. The van der Waals surface area contributed by atoms with Gasteiger partial charge in [0.05, 0.1) is 12.0 Å². The molecule has 2 rings (SSSR count). The van der Waals surface area contributed by atoms with E-state index in [1.54, 1.807) is 16.8 Å². The molecule has 1 heterocycles. The number of nitrogens with one attached hydrogen (secondary N) is 1. The van der Waals surface area contributed by atoms with Crippen LogP contribution in [0.4, 0.5) is 13.2 Å². The lowest BCUT2D eigenvalue weighted by Crippen LogP contribution is -2.43. The number of aliphatic hydroxyl groups excluding tert-OH is 1. The Morgan fingerprint density at radius 2 is 2.14 bits per heavy atom. The van der Waals surface area contributed by atoms with Gasteiger partial charge in [-0.05, 0) is 35.2 Å². The monoisotopic (exact) mass is 321 g/mol. The first kappa shape index (κ1) is 16.3. The highest BCUT2D eigenvalue weighted by atomic mass is 32.1. The molecule has 2 N–H and O–H groups in total. The van der Waals surface area contributed by atoms with Crippen molar-refractivity contribution in [2.24, 2.45) is 11.8 Å². The first-order valence-corrected chi connectivity index (χ1v) is 7.88. The molecule has 3 atom stereocenters. The molecule has 118 valence electrons. The Bertz CT molecular complexity index is 461. The molecule has 7 heteroatoms. The second-order valence-electron chi connectivity index (χ2n) is 5.36. The average molecular weight is 321 g/mol. The van der Waals surface area contributed by atoms with Crippen LogP contribution in [0.5, 0.6) is 0 Å². The predicted octanol–water partition coefficient (Wildman–Crippen LogP) is 3.27. The molecule has 0 unspecified atom stereocenters. The van der Waals surface area contributed by atoms with E-state index in [4.69, 9.17) is 0 Å². The molecule has 0 spiro atoms. The minimum absolute atomic E-state index is 0.00860. The summed E-state index contributed by atoms with van der Waals surface area (Å²) < 4.78 is 38.8. The molecule has 1 amide bonds. The zero-order valence-electron chi connectivity index (χ0n) is 11.4. The maximum atomic E-state index is 12.9. The zero-order chi connectivity index (χ0) is 15.5. The largest absolute Gasteiger partial charge is 0.392 e. The zero-order valence-corrected chi connectivity index (χ0v) is 12.2. The van der Waals surface area contributed by atoms with Crippen molar-refractivity contribution >= 4 is 17.2 Å². The van der Waals surface area contributed by atoms with Crippen LogP contribution in [0.1, 0.15) is 37.4 Å². The maximum Gasteiger partial charge on any atom is 0.392 e. The lowest BCUT2D eigenvalue weighted by atomic mass is 9.78. The Kier molecular flexibility index (Phi) is 5.27. The summed E-state index contributed by atoms with van der Waals surface area (Å²) >= 11 is 1.41. The fourth-order valence-electron chi connectivity index (χ4n) is 2.75. The van der Waals surface area contributed by atoms with E-state index in [2.05, 4.69) is 5.32 Å². The topological polar surface area (TPSA) is 49.3 Å². The van der Waals surface area contributed by atoms with Crippen LogP contribution in [-0.4, -0.2) is 23.7 Å². The number of alkyl halides is 3. The van der Waals surface area contributed by atoms with E-state index >= 15 is 0 Å². The minimum Gasteiger partial charge on any atom is -0.387 e. The molecule has 1 aromatic rings. The van der Waals surface area contributed by atoms with Crippen molar-refractivity contribution < 1.29 is 23.1 Å². The molecular weight excluding hydrogens is 303 g/mol. The van der Waals surface area contributed by atoms with Crippen LogP contribution < -0.4 is 5.32 Å². The molecule has 1 aliphatic carbocycles. The minimum atomic E-state index is -4.34. The van der Waals surface area contributed by atoms with Gasteiger partial charge in [0.2, 0.25) is 5.91 Å². The number of aliphatic hydroxyl groups is 1. The summed E-state index contributed by atoms with van der Waals surface area (Å²) in [5, 5.41) is 15.8. The third-order valence-electron chi connectivity index (χ3n) is 3.92. The predicted molar refractivity (Wildman–Crippen MR) is 73.8 cm³/mol. The number of amides is 1. The third-order valence-corrected chi connectivity index (χ3v) is 4.62. The van der Waals surface area contributed by atoms with Gasteiger partial charge in [-0.25, -0.2) is 0 Å². The normalized spacial score (nSPS) is 24.6. The van der Waals surface area contributed by atoms with Crippen molar-refractivity contribution in [1.82, 2.24) is 5.32 Å². The van der Waals surface area contributed by atoms with Gasteiger partial charge in [-0.2, -0.15) is 24.5 Å². The summed E-state index contributed by atoms with van der Waals surface area (Å²) in [5.41, 5.74) is 0.663. The van der Waals surface area contributed by atoms with Gasteiger partial charge in [0, 0.05) is 12.5 Å². The Morgan fingerprint density at radius 1 is 1.43 bits per heavy atom. The number of thiophene rings is 1. The van der Waals surface area contributed by atoms with E-state index in [1.165, 1.54) is 11.3 Å². The summed E-state index contributed by atoms with van der Waals surface area (Å²) in [6.45, 7) is -0.0589. The van der Waals surface area contributed by atoms with E-state index in [-0.39, 0.29) is 19.4 Å². The van der Waals surface area contributed by atoms with Crippen molar-refractivity contribution in [3.05, 3.63) is 22.4 Å². The fraction of sp³-hybridized carbons (Fsp3) is 0.643. The van der Waals surface area contributed by atoms with Crippen LogP contribution in [-0.2, 0) is 4.79 Å². The Balaban J connectivity index is 1.92. The number of halogens is 3. The second-order valence-corrected chi connectivity index (χ2v) is 6.14. The van der Waals surface area contributed by atoms with Gasteiger partial charge in [0.15, 0.2) is 0 Å². The molecule has 1 aliphatic rings. The van der Waals surface area contributed by atoms with E-state index in [0.29, 0.717) is 18.4 Å². The molecule has 1 saturated carbocycles. The number of carbonyl (C=O) groups excluding carboxylic acids is 1. The number of hydrogen-bond donors (Lipinski definition) is 2. The number of hydrogen-bond acceptors (Lipinski definition) is 3. The van der Waals surface area contributed by atoms with Crippen molar-refractivity contribution in [3.8, 4) is 0 Å². The van der Waals surface area contributed by atoms with Gasteiger partial charge >= 0.3 is 6.18 Å². The van der Waals surface area contributed by atoms with E-state index < -0.39 is 30.0 Å². The van der Waals surface area contributed by atoms with Gasteiger partial charge in [0.1, 0.15) is 0 Å². The van der Waals surface area contributed by atoms with E-state index in [0.717, 1.165) is 0 Å². The lowest BCUT2D eigenvalue weighted by Gasteiger charge is -2.32. The summed E-state index contributed by atoms with van der Waals surface area (Å²) in [7, 11) is 0. The molecule has 0 aromatic carbocycles. The molecule has 1 fully saturated rings. The summed E-state index contributed by atoms with van der Waals surface area (Å²) in [4.78, 5) is 12.0. The third kappa shape index (κ3) is 4.20. The summed E-state index contributed by atoms with van der Waals surface area (Å²) in [6.07, 6.45) is -3.82. The molecule has 3 nitrogen and oxygen atoms in total. The van der Waals surface area contributed by atoms with Crippen LogP contribution in [0.25, 0.3) is 0 Å². The van der Waals surface area contributed by atoms with Crippen LogP contribution in [0.15, 0.2) is 16.8 Å². The SMILES string of the molecule is O=C(NC[C@H](O)c1ccsc1)[C@H]1CCCC[C@@H]1C(F)(F)F. The number of rotatable bonds is 4.